The molecule has 0 radical (unpaired) electrons. The summed E-state index contributed by atoms with van der Waals surface area (Å²) in [5.41, 5.74) is 1.61. The second kappa shape index (κ2) is 10.0. The highest BCUT2D eigenvalue weighted by Crippen LogP contribution is 2.22. The van der Waals surface area contributed by atoms with Gasteiger partial charge in [-0.15, -0.1) is 0 Å². The third-order valence-corrected chi connectivity index (χ3v) is 5.07. The van der Waals surface area contributed by atoms with Crippen LogP contribution in [0.25, 0.3) is 10.9 Å². The van der Waals surface area contributed by atoms with E-state index in [1.165, 1.54) is 0 Å². The maximum absolute atomic E-state index is 12.3. The molecule has 0 aliphatic heterocycles. The predicted molar refractivity (Wildman–Crippen MR) is 118 cm³/mol. The molecule has 1 unspecified atom stereocenters. The van der Waals surface area contributed by atoms with Gasteiger partial charge in [-0.2, -0.15) is 0 Å². The van der Waals surface area contributed by atoms with Crippen molar-refractivity contribution in [2.75, 3.05) is 27.7 Å². The fourth-order valence-electron chi connectivity index (χ4n) is 3.42. The van der Waals surface area contributed by atoms with E-state index >= 15 is 0 Å². The molecule has 158 valence electrons. The first-order chi connectivity index (χ1) is 14.5. The lowest BCUT2D eigenvalue weighted by Gasteiger charge is -2.25. The molecular formula is C23H28N4O3. The summed E-state index contributed by atoms with van der Waals surface area (Å²) in [6, 6.07) is 15.2. The number of nitrogens with zero attached hydrogens (tertiary/aromatic N) is 2. The molecule has 2 aromatic carbocycles. The Morgan fingerprint density at radius 1 is 1.20 bits per heavy atom. The van der Waals surface area contributed by atoms with Gasteiger partial charge in [0, 0.05) is 19.4 Å². The van der Waals surface area contributed by atoms with Crippen LogP contribution >= 0.6 is 0 Å². The smallest absolute Gasteiger partial charge is 0.258 e. The molecule has 1 amide bonds. The maximum Gasteiger partial charge on any atom is 0.258 e. The van der Waals surface area contributed by atoms with Gasteiger partial charge < -0.3 is 19.9 Å². The predicted octanol–water partition coefficient (Wildman–Crippen LogP) is 2.67. The van der Waals surface area contributed by atoms with E-state index in [-0.39, 0.29) is 17.5 Å². The van der Waals surface area contributed by atoms with Gasteiger partial charge in [0.2, 0.25) is 5.91 Å². The standard InChI is InChI=1S/C23H28N4O3/c1-27(2)20(16-8-6-9-17(14-16)30-3)15-24-22(28)13-7-12-21-25-19-11-5-4-10-18(19)23(29)26-21/h4-6,8-11,14,20H,7,12-13,15H2,1-3H3,(H,24,28)(H,25,26,29). The molecule has 2 N–H and O–H groups in total. The molecule has 7 nitrogen and oxygen atoms in total. The van der Waals surface area contributed by atoms with E-state index in [0.717, 1.165) is 11.3 Å². The average Bonchev–Trinajstić information content (AvgIpc) is 2.74. The third kappa shape index (κ3) is 5.45. The Balaban J connectivity index is 1.53. The molecule has 0 fully saturated rings. The molecule has 0 saturated heterocycles. The minimum atomic E-state index is -0.146. The Bertz CT molecular complexity index is 1060. The second-order valence-electron chi connectivity index (χ2n) is 7.44. The Kier molecular flexibility index (Phi) is 7.19. The Morgan fingerprint density at radius 2 is 2.00 bits per heavy atom. The molecule has 0 saturated carbocycles. The average molecular weight is 409 g/mol. The summed E-state index contributed by atoms with van der Waals surface area (Å²) in [7, 11) is 5.61. The number of amides is 1. The van der Waals surface area contributed by atoms with Crippen LogP contribution in [0.3, 0.4) is 0 Å². The molecule has 0 aliphatic carbocycles. The molecule has 3 aromatic rings. The van der Waals surface area contributed by atoms with Gasteiger partial charge in [0.25, 0.3) is 5.56 Å². The van der Waals surface area contributed by atoms with Crippen molar-refractivity contribution in [3.05, 3.63) is 70.3 Å². The van der Waals surface area contributed by atoms with E-state index in [1.54, 1.807) is 13.2 Å². The Hall–Kier alpha value is -3.19. The van der Waals surface area contributed by atoms with Crippen LogP contribution in [0.4, 0.5) is 0 Å². The summed E-state index contributed by atoms with van der Waals surface area (Å²) in [5, 5.41) is 3.59. The van der Waals surface area contributed by atoms with Crippen LogP contribution in [0.5, 0.6) is 5.75 Å². The number of para-hydroxylation sites is 1. The zero-order valence-corrected chi connectivity index (χ0v) is 17.6. The van der Waals surface area contributed by atoms with Crippen LogP contribution in [0.1, 0.15) is 30.3 Å². The van der Waals surface area contributed by atoms with Gasteiger partial charge in [0.05, 0.1) is 24.1 Å². The molecule has 1 atom stereocenters. The highest BCUT2D eigenvalue weighted by molar-refractivity contribution is 5.77. The lowest BCUT2D eigenvalue weighted by molar-refractivity contribution is -0.121. The first-order valence-electron chi connectivity index (χ1n) is 10.0. The molecule has 30 heavy (non-hydrogen) atoms. The number of methoxy groups -OCH3 is 1. The van der Waals surface area contributed by atoms with Gasteiger partial charge >= 0.3 is 0 Å². The van der Waals surface area contributed by atoms with Crippen molar-refractivity contribution in [2.45, 2.75) is 25.3 Å². The number of hydrogen-bond donors (Lipinski definition) is 2. The number of benzene rings is 2. The molecule has 1 aromatic heterocycles. The fraction of sp³-hybridized carbons (Fsp3) is 0.348. The lowest BCUT2D eigenvalue weighted by atomic mass is 10.1. The monoisotopic (exact) mass is 408 g/mol. The Morgan fingerprint density at radius 3 is 2.77 bits per heavy atom. The van der Waals surface area contributed by atoms with Gasteiger partial charge in [0.15, 0.2) is 0 Å². The van der Waals surface area contributed by atoms with Crippen molar-refractivity contribution < 1.29 is 9.53 Å². The van der Waals surface area contributed by atoms with E-state index in [4.69, 9.17) is 4.74 Å². The zero-order chi connectivity index (χ0) is 21.5. The number of rotatable bonds is 9. The van der Waals surface area contributed by atoms with E-state index in [1.807, 2.05) is 56.6 Å². The second-order valence-corrected chi connectivity index (χ2v) is 7.44. The first-order valence-corrected chi connectivity index (χ1v) is 10.0. The number of H-pyrrole nitrogens is 1. The van der Waals surface area contributed by atoms with Crippen molar-refractivity contribution in [1.82, 2.24) is 20.2 Å². The van der Waals surface area contributed by atoms with Crippen LogP contribution in [0.15, 0.2) is 53.3 Å². The minimum Gasteiger partial charge on any atom is -0.497 e. The number of carbonyl (C=O) groups excluding carboxylic acids is 1. The maximum atomic E-state index is 12.3. The van der Waals surface area contributed by atoms with Gasteiger partial charge in [-0.1, -0.05) is 24.3 Å². The van der Waals surface area contributed by atoms with Crippen molar-refractivity contribution >= 4 is 16.8 Å². The van der Waals surface area contributed by atoms with Gasteiger partial charge in [-0.3, -0.25) is 9.59 Å². The van der Waals surface area contributed by atoms with Crippen LogP contribution < -0.4 is 15.6 Å². The molecule has 0 aliphatic rings. The van der Waals surface area contributed by atoms with E-state index < -0.39 is 0 Å². The number of likely N-dealkylation sites (N-methyl/N-ethyl adjacent to an activating group) is 1. The molecule has 0 bridgehead atoms. The number of nitrogens with one attached hydrogen (secondary N) is 2. The van der Waals surface area contributed by atoms with Crippen molar-refractivity contribution in [2.24, 2.45) is 0 Å². The van der Waals surface area contributed by atoms with Crippen LogP contribution in [0.2, 0.25) is 0 Å². The highest BCUT2D eigenvalue weighted by atomic mass is 16.5. The first kappa shape index (κ1) is 21.5. The number of aromatic amines is 1. The molecular weight excluding hydrogens is 380 g/mol. The normalized spacial score (nSPS) is 12.1. The van der Waals surface area contributed by atoms with E-state index in [2.05, 4.69) is 20.2 Å². The van der Waals surface area contributed by atoms with Crippen LogP contribution in [-0.2, 0) is 11.2 Å². The lowest BCUT2D eigenvalue weighted by Crippen LogP contribution is -2.34. The summed E-state index contributed by atoms with van der Waals surface area (Å²) in [4.78, 5) is 33.8. The van der Waals surface area contributed by atoms with Crippen LogP contribution in [-0.4, -0.2) is 48.5 Å². The largest absolute Gasteiger partial charge is 0.497 e. The SMILES string of the molecule is COc1cccc(C(CNC(=O)CCCc2nc3ccccc3c(=O)[nH]2)N(C)C)c1. The quantitative estimate of drug-likeness (QED) is 0.568. The summed E-state index contributed by atoms with van der Waals surface area (Å²) >= 11 is 0. The van der Waals surface area contributed by atoms with Crippen LogP contribution in [0, 0.1) is 0 Å². The van der Waals surface area contributed by atoms with Crippen molar-refractivity contribution in [1.29, 1.82) is 0 Å². The summed E-state index contributed by atoms with van der Waals surface area (Å²) in [6.45, 7) is 0.504. The van der Waals surface area contributed by atoms with Crippen molar-refractivity contribution in [3.8, 4) is 5.75 Å². The third-order valence-electron chi connectivity index (χ3n) is 5.07. The number of aromatic nitrogens is 2. The summed E-state index contributed by atoms with van der Waals surface area (Å²) in [5.74, 6) is 1.38. The summed E-state index contributed by atoms with van der Waals surface area (Å²) < 4.78 is 5.30. The fourth-order valence-corrected chi connectivity index (χ4v) is 3.42. The van der Waals surface area contributed by atoms with E-state index in [0.29, 0.717) is 42.5 Å². The molecule has 0 spiro atoms. The number of carbonyl (C=O) groups is 1. The van der Waals surface area contributed by atoms with Gasteiger partial charge in [0.1, 0.15) is 11.6 Å². The molecule has 7 heteroatoms. The van der Waals surface area contributed by atoms with Crippen molar-refractivity contribution in [3.63, 3.8) is 0 Å². The number of ether oxygens (including phenoxy) is 1. The number of hydrogen-bond acceptors (Lipinski definition) is 5. The van der Waals surface area contributed by atoms with Gasteiger partial charge in [-0.05, 0) is 50.3 Å². The van der Waals surface area contributed by atoms with Gasteiger partial charge in [-0.25, -0.2) is 4.98 Å². The number of fused-ring (bicyclic) bond motifs is 1. The minimum absolute atomic E-state index is 0.0205. The van der Waals surface area contributed by atoms with E-state index in [9.17, 15) is 9.59 Å². The molecule has 1 heterocycles. The summed E-state index contributed by atoms with van der Waals surface area (Å²) in [6.07, 6.45) is 1.52. The number of aryl methyl sites for hydroxylation is 1. The zero-order valence-electron chi connectivity index (χ0n) is 17.6. The highest BCUT2D eigenvalue weighted by Gasteiger charge is 2.16. The topological polar surface area (TPSA) is 87.3 Å². The molecule has 3 rings (SSSR count). The Labute approximate surface area is 176 Å².